The number of benzene rings is 1. The highest BCUT2D eigenvalue weighted by Gasteiger charge is 2.10. The fourth-order valence-corrected chi connectivity index (χ4v) is 2.87. The average molecular weight is 344 g/mol. The fourth-order valence-electron chi connectivity index (χ4n) is 2.32. The van der Waals surface area contributed by atoms with Crippen LogP contribution in [0, 0.1) is 5.92 Å². The van der Waals surface area contributed by atoms with Crippen molar-refractivity contribution in [2.75, 3.05) is 0 Å². The molecule has 2 nitrogen and oxygen atoms in total. The van der Waals surface area contributed by atoms with Crippen molar-refractivity contribution in [2.45, 2.75) is 45.5 Å². The minimum Gasteiger partial charge on any atom is -0.327 e. The van der Waals surface area contributed by atoms with Gasteiger partial charge in [0.25, 0.3) is 0 Å². The first-order chi connectivity index (χ1) is 9.11. The van der Waals surface area contributed by atoms with Crippen molar-refractivity contribution in [3.63, 3.8) is 0 Å². The maximum atomic E-state index is 6.01. The van der Waals surface area contributed by atoms with Crippen LogP contribution in [0.4, 0.5) is 0 Å². The zero-order valence-corrected chi connectivity index (χ0v) is 13.8. The van der Waals surface area contributed by atoms with Crippen LogP contribution >= 0.6 is 27.5 Å². The molecular formula is C15H20BrClN2. The summed E-state index contributed by atoms with van der Waals surface area (Å²) in [5.41, 5.74) is 2.21. The van der Waals surface area contributed by atoms with E-state index in [0.29, 0.717) is 5.88 Å². The Hall–Kier alpha value is -0.540. The second-order valence-electron chi connectivity index (χ2n) is 5.34. The van der Waals surface area contributed by atoms with E-state index in [1.807, 2.05) is 12.1 Å². The van der Waals surface area contributed by atoms with Gasteiger partial charge in [-0.25, -0.2) is 4.98 Å². The Morgan fingerprint density at radius 1 is 1.32 bits per heavy atom. The van der Waals surface area contributed by atoms with Crippen molar-refractivity contribution in [3.05, 3.63) is 28.5 Å². The third-order valence-electron chi connectivity index (χ3n) is 3.32. The molecule has 0 saturated carbocycles. The number of aryl methyl sites for hydroxylation is 1. The van der Waals surface area contributed by atoms with Gasteiger partial charge >= 0.3 is 0 Å². The van der Waals surface area contributed by atoms with Crippen LogP contribution in [-0.4, -0.2) is 9.55 Å². The largest absolute Gasteiger partial charge is 0.327 e. The molecule has 0 aliphatic carbocycles. The van der Waals surface area contributed by atoms with E-state index in [-0.39, 0.29) is 0 Å². The number of aromatic nitrogens is 2. The first kappa shape index (κ1) is 14.9. The second-order valence-corrected chi connectivity index (χ2v) is 6.52. The molecule has 4 heteroatoms. The summed E-state index contributed by atoms with van der Waals surface area (Å²) in [4.78, 5) is 4.60. The van der Waals surface area contributed by atoms with E-state index < -0.39 is 0 Å². The van der Waals surface area contributed by atoms with E-state index in [1.54, 1.807) is 0 Å². The van der Waals surface area contributed by atoms with Crippen molar-refractivity contribution in [2.24, 2.45) is 5.92 Å². The minimum atomic E-state index is 0.469. The summed E-state index contributed by atoms with van der Waals surface area (Å²) in [5, 5.41) is 0. The molecule has 1 aromatic heterocycles. The summed E-state index contributed by atoms with van der Waals surface area (Å²) < 4.78 is 3.34. The standard InChI is InChI=1S/C15H20BrClN2/c1-11(2)5-3-4-8-19-14-9-12(16)6-7-13(14)18-15(19)10-17/h6-7,9,11H,3-5,8,10H2,1-2H3. The summed E-state index contributed by atoms with van der Waals surface area (Å²) in [7, 11) is 0. The van der Waals surface area contributed by atoms with Crippen LogP contribution in [-0.2, 0) is 12.4 Å². The van der Waals surface area contributed by atoms with E-state index in [1.165, 1.54) is 24.8 Å². The van der Waals surface area contributed by atoms with Crippen LogP contribution in [0.5, 0.6) is 0 Å². The lowest BCUT2D eigenvalue weighted by atomic mass is 10.1. The number of hydrogen-bond acceptors (Lipinski definition) is 1. The zero-order valence-electron chi connectivity index (χ0n) is 11.5. The van der Waals surface area contributed by atoms with Crippen LogP contribution in [0.15, 0.2) is 22.7 Å². The number of imidazole rings is 1. The van der Waals surface area contributed by atoms with Crippen LogP contribution in [0.25, 0.3) is 11.0 Å². The van der Waals surface area contributed by atoms with E-state index in [4.69, 9.17) is 11.6 Å². The molecule has 0 saturated heterocycles. The average Bonchev–Trinajstić information content (AvgIpc) is 2.72. The summed E-state index contributed by atoms with van der Waals surface area (Å²) in [6, 6.07) is 6.19. The predicted octanol–water partition coefficient (Wildman–Crippen LogP) is 5.36. The third kappa shape index (κ3) is 3.73. The molecule has 0 bridgehead atoms. The molecule has 2 aromatic rings. The summed E-state index contributed by atoms with van der Waals surface area (Å²) >= 11 is 9.54. The van der Waals surface area contributed by atoms with Gasteiger partial charge in [0.2, 0.25) is 0 Å². The summed E-state index contributed by atoms with van der Waals surface area (Å²) in [6.07, 6.45) is 3.72. The van der Waals surface area contributed by atoms with Gasteiger partial charge in [-0.3, -0.25) is 0 Å². The van der Waals surface area contributed by atoms with Crippen LogP contribution < -0.4 is 0 Å². The van der Waals surface area contributed by atoms with Crippen LogP contribution in [0.1, 0.15) is 38.9 Å². The van der Waals surface area contributed by atoms with Gasteiger partial charge in [0.1, 0.15) is 5.82 Å². The number of fused-ring (bicyclic) bond motifs is 1. The van der Waals surface area contributed by atoms with Gasteiger partial charge in [-0.05, 0) is 30.5 Å². The SMILES string of the molecule is CC(C)CCCCn1c(CCl)nc2ccc(Br)cc21. The maximum Gasteiger partial charge on any atom is 0.124 e. The van der Waals surface area contributed by atoms with Crippen molar-refractivity contribution >= 4 is 38.6 Å². The summed E-state index contributed by atoms with van der Waals surface area (Å²) in [5.74, 6) is 2.22. The number of rotatable bonds is 6. The molecule has 1 heterocycles. The molecule has 1 aromatic carbocycles. The quantitative estimate of drug-likeness (QED) is 0.509. The van der Waals surface area contributed by atoms with Gasteiger partial charge in [0, 0.05) is 11.0 Å². The van der Waals surface area contributed by atoms with Crippen molar-refractivity contribution in [3.8, 4) is 0 Å². The number of hydrogen-bond donors (Lipinski definition) is 0. The van der Waals surface area contributed by atoms with E-state index in [2.05, 4.69) is 45.4 Å². The maximum absolute atomic E-state index is 6.01. The molecule has 0 aliphatic rings. The Bertz CT molecular complexity index is 548. The molecular weight excluding hydrogens is 324 g/mol. The number of unbranched alkanes of at least 4 members (excludes halogenated alkanes) is 1. The first-order valence-electron chi connectivity index (χ1n) is 6.82. The highest BCUT2D eigenvalue weighted by Crippen LogP contribution is 2.23. The highest BCUT2D eigenvalue weighted by molar-refractivity contribution is 9.10. The Balaban J connectivity index is 2.17. The Morgan fingerprint density at radius 3 is 2.79 bits per heavy atom. The van der Waals surface area contributed by atoms with E-state index >= 15 is 0 Å². The third-order valence-corrected chi connectivity index (χ3v) is 4.05. The molecule has 0 unspecified atom stereocenters. The Kier molecular flexibility index (Phi) is 5.28. The van der Waals surface area contributed by atoms with Gasteiger partial charge in [-0.15, -0.1) is 11.6 Å². The molecule has 2 rings (SSSR count). The molecule has 19 heavy (non-hydrogen) atoms. The topological polar surface area (TPSA) is 17.8 Å². The van der Waals surface area contributed by atoms with Gasteiger partial charge in [0.05, 0.1) is 16.9 Å². The van der Waals surface area contributed by atoms with Crippen LogP contribution in [0.2, 0.25) is 0 Å². The predicted molar refractivity (Wildman–Crippen MR) is 85.7 cm³/mol. The summed E-state index contributed by atoms with van der Waals surface area (Å²) in [6.45, 7) is 5.55. The normalized spacial score (nSPS) is 11.6. The monoisotopic (exact) mass is 342 g/mol. The molecule has 0 atom stereocenters. The molecule has 104 valence electrons. The molecule has 0 N–H and O–H groups in total. The van der Waals surface area contributed by atoms with Gasteiger partial charge < -0.3 is 4.57 Å². The molecule has 0 spiro atoms. The lowest BCUT2D eigenvalue weighted by Crippen LogP contribution is -2.03. The zero-order chi connectivity index (χ0) is 13.8. The number of halogens is 2. The molecule has 0 aliphatic heterocycles. The van der Waals surface area contributed by atoms with Gasteiger partial charge in [0.15, 0.2) is 0 Å². The van der Waals surface area contributed by atoms with Crippen molar-refractivity contribution < 1.29 is 0 Å². The lowest BCUT2D eigenvalue weighted by molar-refractivity contribution is 0.509. The second kappa shape index (κ2) is 6.76. The minimum absolute atomic E-state index is 0.469. The smallest absolute Gasteiger partial charge is 0.124 e. The number of nitrogens with zero attached hydrogens (tertiary/aromatic N) is 2. The van der Waals surface area contributed by atoms with Crippen molar-refractivity contribution in [1.82, 2.24) is 9.55 Å². The number of alkyl halides is 1. The van der Waals surface area contributed by atoms with Crippen molar-refractivity contribution in [1.29, 1.82) is 0 Å². The Morgan fingerprint density at radius 2 is 2.11 bits per heavy atom. The van der Waals surface area contributed by atoms with E-state index in [0.717, 1.165) is 28.3 Å². The van der Waals surface area contributed by atoms with Crippen LogP contribution in [0.3, 0.4) is 0 Å². The highest BCUT2D eigenvalue weighted by atomic mass is 79.9. The van der Waals surface area contributed by atoms with E-state index in [9.17, 15) is 0 Å². The first-order valence-corrected chi connectivity index (χ1v) is 8.15. The lowest BCUT2D eigenvalue weighted by Gasteiger charge is -2.09. The Labute approximate surface area is 128 Å². The van der Waals surface area contributed by atoms with Gasteiger partial charge in [-0.2, -0.15) is 0 Å². The van der Waals surface area contributed by atoms with Gasteiger partial charge in [-0.1, -0.05) is 42.6 Å². The fraction of sp³-hybridized carbons (Fsp3) is 0.533. The molecule has 0 fully saturated rings. The molecule has 0 amide bonds. The molecule has 0 radical (unpaired) electrons.